The van der Waals surface area contributed by atoms with Crippen LogP contribution >= 0.6 is 22.9 Å². The highest BCUT2D eigenvalue weighted by Crippen LogP contribution is 2.31. The van der Waals surface area contributed by atoms with Crippen molar-refractivity contribution in [3.05, 3.63) is 63.7 Å². The van der Waals surface area contributed by atoms with E-state index in [-0.39, 0.29) is 46.8 Å². The fourth-order valence-electron chi connectivity index (χ4n) is 5.26. The standard InChI is InChI=1S/C26H28ClN5O8S3/c27-18-8-9-23-17(12-18)13-25(41-23)43(39,40)29-22-7-3-10-30(26(22)34)16-24(33)31-11-2-5-20(31)15-28-42(37,38)21-6-1-4-19(14-21)32(35)36/h1,4,6,8-9,12-14,20,22,28-29H,2-3,5,7,10-11,15-16H2/t20-,22+/m1/s1. The molecule has 2 amide bonds. The number of likely N-dealkylation sites (tertiary alicyclic amines) is 2. The lowest BCUT2D eigenvalue weighted by Gasteiger charge is -2.34. The number of piperidine rings is 1. The number of hydrogen-bond donors (Lipinski definition) is 2. The van der Waals surface area contributed by atoms with E-state index in [4.69, 9.17) is 11.6 Å². The molecule has 2 aromatic carbocycles. The molecule has 13 nitrogen and oxygen atoms in total. The van der Waals surface area contributed by atoms with Crippen LogP contribution in [0.25, 0.3) is 10.1 Å². The Morgan fingerprint density at radius 3 is 2.58 bits per heavy atom. The Balaban J connectivity index is 1.20. The van der Waals surface area contributed by atoms with E-state index in [1.165, 1.54) is 34.1 Å². The van der Waals surface area contributed by atoms with Gasteiger partial charge in [0.15, 0.2) is 0 Å². The molecule has 2 atom stereocenters. The summed E-state index contributed by atoms with van der Waals surface area (Å²) >= 11 is 7.08. The number of nitro groups is 1. The molecule has 2 saturated heterocycles. The van der Waals surface area contributed by atoms with Gasteiger partial charge in [0, 0.05) is 47.5 Å². The van der Waals surface area contributed by atoms with E-state index in [1.54, 1.807) is 18.2 Å². The summed E-state index contributed by atoms with van der Waals surface area (Å²) in [6, 6.07) is 9.73. The summed E-state index contributed by atoms with van der Waals surface area (Å²) in [4.78, 5) is 39.4. The van der Waals surface area contributed by atoms with Crippen molar-refractivity contribution in [1.82, 2.24) is 19.2 Å². The van der Waals surface area contributed by atoms with Crippen molar-refractivity contribution in [2.24, 2.45) is 0 Å². The third kappa shape index (κ3) is 6.99. The number of thiophene rings is 1. The van der Waals surface area contributed by atoms with E-state index in [0.29, 0.717) is 36.2 Å². The van der Waals surface area contributed by atoms with E-state index in [2.05, 4.69) is 9.44 Å². The predicted octanol–water partition coefficient (Wildman–Crippen LogP) is 2.70. The van der Waals surface area contributed by atoms with Crippen LogP contribution in [0.15, 0.2) is 57.6 Å². The molecule has 3 aromatic rings. The van der Waals surface area contributed by atoms with Gasteiger partial charge in [-0.2, -0.15) is 4.72 Å². The number of nitrogens with one attached hydrogen (secondary N) is 2. The van der Waals surface area contributed by atoms with Gasteiger partial charge >= 0.3 is 0 Å². The van der Waals surface area contributed by atoms with E-state index in [0.717, 1.165) is 22.1 Å². The molecule has 0 aliphatic carbocycles. The van der Waals surface area contributed by atoms with Crippen LogP contribution in [0.2, 0.25) is 5.02 Å². The van der Waals surface area contributed by atoms with Gasteiger partial charge in [0.1, 0.15) is 10.3 Å². The van der Waals surface area contributed by atoms with Crippen molar-refractivity contribution in [3.8, 4) is 0 Å². The molecule has 5 rings (SSSR count). The van der Waals surface area contributed by atoms with Gasteiger partial charge in [0.05, 0.1) is 16.4 Å². The van der Waals surface area contributed by atoms with Crippen LogP contribution in [-0.4, -0.2) is 81.6 Å². The van der Waals surface area contributed by atoms with Gasteiger partial charge in [-0.1, -0.05) is 17.7 Å². The smallest absolute Gasteiger partial charge is 0.270 e. The summed E-state index contributed by atoms with van der Waals surface area (Å²) in [5.74, 6) is -0.884. The molecule has 0 radical (unpaired) electrons. The van der Waals surface area contributed by atoms with Gasteiger partial charge in [-0.15, -0.1) is 11.3 Å². The maximum Gasteiger partial charge on any atom is 0.270 e. The number of hydrogen-bond acceptors (Lipinski definition) is 9. The molecule has 17 heteroatoms. The van der Waals surface area contributed by atoms with Crippen LogP contribution in [0.4, 0.5) is 5.69 Å². The second kappa shape index (κ2) is 12.5. The average molecular weight is 670 g/mol. The van der Waals surface area contributed by atoms with E-state index < -0.39 is 43.0 Å². The number of sulfonamides is 2. The molecule has 0 spiro atoms. The molecule has 0 bridgehead atoms. The highest BCUT2D eigenvalue weighted by atomic mass is 35.5. The first kappa shape index (κ1) is 31.3. The van der Waals surface area contributed by atoms with E-state index >= 15 is 0 Å². The maximum atomic E-state index is 13.3. The Morgan fingerprint density at radius 2 is 1.81 bits per heavy atom. The van der Waals surface area contributed by atoms with Gasteiger partial charge in [0.2, 0.25) is 21.8 Å². The summed E-state index contributed by atoms with van der Waals surface area (Å²) in [7, 11) is -8.09. The molecule has 2 aliphatic heterocycles. The summed E-state index contributed by atoms with van der Waals surface area (Å²) in [6.45, 7) is 0.276. The molecule has 1 aromatic heterocycles. The molecular weight excluding hydrogens is 642 g/mol. The number of carbonyl (C=O) groups is 2. The van der Waals surface area contributed by atoms with Gasteiger partial charge in [0.25, 0.3) is 15.7 Å². The Kier molecular flexibility index (Phi) is 9.06. The number of nitrogens with zero attached hydrogens (tertiary/aromatic N) is 3. The van der Waals surface area contributed by atoms with Gasteiger partial charge in [-0.25, -0.2) is 21.6 Å². The zero-order valence-electron chi connectivity index (χ0n) is 22.6. The zero-order chi connectivity index (χ0) is 30.9. The summed E-state index contributed by atoms with van der Waals surface area (Å²) in [5.41, 5.74) is -0.360. The number of amides is 2. The van der Waals surface area contributed by atoms with Crippen molar-refractivity contribution in [2.45, 2.75) is 46.9 Å². The van der Waals surface area contributed by atoms with Crippen molar-refractivity contribution in [1.29, 1.82) is 0 Å². The maximum absolute atomic E-state index is 13.3. The summed E-state index contributed by atoms with van der Waals surface area (Å²) in [5, 5.41) is 12.2. The number of non-ortho nitro benzene ring substituents is 1. The third-order valence-electron chi connectivity index (χ3n) is 7.42. The number of rotatable bonds is 10. The summed E-state index contributed by atoms with van der Waals surface area (Å²) < 4.78 is 57.5. The van der Waals surface area contributed by atoms with Crippen LogP contribution in [0.5, 0.6) is 0 Å². The minimum Gasteiger partial charge on any atom is -0.337 e. The molecule has 2 fully saturated rings. The van der Waals surface area contributed by atoms with Crippen molar-refractivity contribution < 1.29 is 31.3 Å². The Labute approximate surface area is 257 Å². The third-order valence-corrected chi connectivity index (χ3v) is 12.1. The Bertz CT molecular complexity index is 1800. The average Bonchev–Trinajstić information content (AvgIpc) is 3.61. The molecule has 3 heterocycles. The first-order valence-electron chi connectivity index (χ1n) is 13.4. The minimum absolute atomic E-state index is 0.0539. The van der Waals surface area contributed by atoms with Crippen molar-refractivity contribution in [3.63, 3.8) is 0 Å². The van der Waals surface area contributed by atoms with Crippen LogP contribution < -0.4 is 9.44 Å². The zero-order valence-corrected chi connectivity index (χ0v) is 25.8. The Hall–Kier alpha value is -3.15. The minimum atomic E-state index is -4.08. The highest BCUT2D eigenvalue weighted by molar-refractivity contribution is 7.91. The first-order valence-corrected chi connectivity index (χ1v) is 17.5. The number of carbonyl (C=O) groups excluding carboxylic acids is 2. The predicted molar refractivity (Wildman–Crippen MR) is 160 cm³/mol. The quantitative estimate of drug-likeness (QED) is 0.245. The molecule has 2 N–H and O–H groups in total. The molecular formula is C26H28ClN5O8S3. The number of benzene rings is 2. The monoisotopic (exact) mass is 669 g/mol. The van der Waals surface area contributed by atoms with Gasteiger partial charge in [-0.05, 0) is 61.4 Å². The topological polar surface area (TPSA) is 176 Å². The second-order valence-electron chi connectivity index (χ2n) is 10.3. The second-order valence-corrected chi connectivity index (χ2v) is 15.5. The summed E-state index contributed by atoms with van der Waals surface area (Å²) in [6.07, 6.45) is 1.93. The molecule has 0 unspecified atom stereocenters. The normalized spacial score (nSPS) is 19.7. The number of halogens is 1. The highest BCUT2D eigenvalue weighted by Gasteiger charge is 2.36. The van der Waals surface area contributed by atoms with Crippen LogP contribution in [-0.2, 0) is 29.6 Å². The van der Waals surface area contributed by atoms with E-state index in [1.807, 2.05) is 0 Å². The van der Waals surface area contributed by atoms with Crippen LogP contribution in [0.1, 0.15) is 25.7 Å². The van der Waals surface area contributed by atoms with Gasteiger partial charge in [-0.3, -0.25) is 19.7 Å². The fraction of sp³-hybridized carbons (Fsp3) is 0.385. The van der Waals surface area contributed by atoms with Crippen molar-refractivity contribution >= 4 is 70.6 Å². The lowest BCUT2D eigenvalue weighted by Crippen LogP contribution is -2.55. The van der Waals surface area contributed by atoms with Crippen molar-refractivity contribution in [2.75, 3.05) is 26.2 Å². The van der Waals surface area contributed by atoms with Gasteiger partial charge < -0.3 is 9.80 Å². The fourth-order valence-corrected chi connectivity index (χ4v) is 9.17. The SMILES string of the molecule is O=C1[C@@H](NS(=O)(=O)c2cc3cc(Cl)ccc3s2)CCCN1CC(=O)N1CCC[C@@H]1CNS(=O)(=O)c1cccc([N+](=O)[O-])c1. The molecule has 0 saturated carbocycles. The van der Waals surface area contributed by atoms with Crippen LogP contribution in [0.3, 0.4) is 0 Å². The molecule has 2 aliphatic rings. The lowest BCUT2D eigenvalue weighted by molar-refractivity contribution is -0.385. The molecule has 43 heavy (non-hydrogen) atoms. The van der Waals surface area contributed by atoms with Crippen LogP contribution in [0, 0.1) is 10.1 Å². The number of fused-ring (bicyclic) bond motifs is 1. The largest absolute Gasteiger partial charge is 0.337 e. The molecule has 230 valence electrons. The lowest BCUT2D eigenvalue weighted by atomic mass is 10.1. The van der Waals surface area contributed by atoms with E-state index in [9.17, 15) is 36.5 Å². The number of nitro benzene ring substituents is 1. The first-order chi connectivity index (χ1) is 20.3. The Morgan fingerprint density at radius 1 is 1.05 bits per heavy atom.